The van der Waals surface area contributed by atoms with Gasteiger partial charge in [0, 0.05) is 38.6 Å². The summed E-state index contributed by atoms with van der Waals surface area (Å²) in [6.07, 6.45) is 0. The van der Waals surface area contributed by atoms with Crippen molar-refractivity contribution in [3.63, 3.8) is 0 Å². The van der Waals surface area contributed by atoms with E-state index < -0.39 is 0 Å². The summed E-state index contributed by atoms with van der Waals surface area (Å²) in [4.78, 5) is 10.3. The maximum Gasteiger partial charge on any atom is 0.160 e. The summed E-state index contributed by atoms with van der Waals surface area (Å²) >= 11 is 0. The Morgan fingerprint density at radius 3 is 1.69 bits per heavy atom. The normalized spacial score (nSPS) is 13.0. The minimum Gasteiger partial charge on any atom is -0.309 e. The predicted octanol–water partition coefficient (Wildman–Crippen LogP) is 12.5. The van der Waals surface area contributed by atoms with E-state index in [2.05, 4.69) is 182 Å². The molecule has 1 aliphatic carbocycles. The quantitative estimate of drug-likeness (QED) is 0.183. The Balaban J connectivity index is 1.09. The number of hydrogen-bond donors (Lipinski definition) is 0. The molecule has 9 aromatic rings. The number of para-hydroxylation sites is 1. The Bertz CT molecular complexity index is 2780. The van der Waals surface area contributed by atoms with Crippen molar-refractivity contribution in [1.82, 2.24) is 14.5 Å². The van der Waals surface area contributed by atoms with E-state index in [4.69, 9.17) is 9.97 Å². The number of fused-ring (bicyclic) bond motifs is 6. The Morgan fingerprint density at radius 2 is 0.962 bits per heavy atom. The second kappa shape index (κ2) is 11.8. The van der Waals surface area contributed by atoms with Crippen molar-refractivity contribution in [2.24, 2.45) is 0 Å². The van der Waals surface area contributed by atoms with Crippen LogP contribution in [0.5, 0.6) is 0 Å². The average molecular weight is 666 g/mol. The van der Waals surface area contributed by atoms with Crippen molar-refractivity contribution in [3.05, 3.63) is 187 Å². The van der Waals surface area contributed by atoms with Gasteiger partial charge in [-0.05, 0) is 81.9 Å². The van der Waals surface area contributed by atoms with Gasteiger partial charge in [-0.2, -0.15) is 0 Å². The van der Waals surface area contributed by atoms with Crippen LogP contribution in [0.15, 0.2) is 176 Å². The molecule has 0 saturated heterocycles. The molecule has 0 saturated carbocycles. The van der Waals surface area contributed by atoms with Gasteiger partial charge >= 0.3 is 0 Å². The first-order valence-corrected chi connectivity index (χ1v) is 17.9. The molecule has 52 heavy (non-hydrogen) atoms. The van der Waals surface area contributed by atoms with E-state index >= 15 is 0 Å². The lowest BCUT2D eigenvalue weighted by atomic mass is 9.82. The van der Waals surface area contributed by atoms with Crippen LogP contribution in [-0.4, -0.2) is 14.5 Å². The first kappa shape index (κ1) is 30.3. The summed E-state index contributed by atoms with van der Waals surface area (Å²) in [5.74, 6) is 0.703. The molecule has 0 bridgehead atoms. The van der Waals surface area contributed by atoms with Gasteiger partial charge < -0.3 is 4.57 Å². The monoisotopic (exact) mass is 665 g/mol. The van der Waals surface area contributed by atoms with E-state index in [1.807, 2.05) is 12.1 Å². The average Bonchev–Trinajstić information content (AvgIpc) is 3.65. The van der Waals surface area contributed by atoms with Crippen molar-refractivity contribution in [2.45, 2.75) is 19.3 Å². The zero-order valence-electron chi connectivity index (χ0n) is 29.1. The lowest BCUT2D eigenvalue weighted by Crippen LogP contribution is -2.14. The number of benzene rings is 7. The molecule has 246 valence electrons. The van der Waals surface area contributed by atoms with Gasteiger partial charge in [0.15, 0.2) is 5.82 Å². The molecule has 10 rings (SSSR count). The molecule has 1 aliphatic rings. The van der Waals surface area contributed by atoms with Crippen LogP contribution in [0.4, 0.5) is 0 Å². The largest absolute Gasteiger partial charge is 0.309 e. The van der Waals surface area contributed by atoms with Crippen LogP contribution in [0.1, 0.15) is 25.0 Å². The fourth-order valence-electron chi connectivity index (χ4n) is 8.15. The molecule has 2 aromatic heterocycles. The third-order valence-corrected chi connectivity index (χ3v) is 10.8. The highest BCUT2D eigenvalue weighted by Gasteiger charge is 2.36. The summed E-state index contributed by atoms with van der Waals surface area (Å²) in [5, 5.41) is 2.53. The van der Waals surface area contributed by atoms with Gasteiger partial charge in [0.05, 0.1) is 22.4 Å². The molecule has 3 nitrogen and oxygen atoms in total. The Hall–Kier alpha value is -6.58. The van der Waals surface area contributed by atoms with Gasteiger partial charge in [0.1, 0.15) is 0 Å². The third kappa shape index (κ3) is 4.81. The number of aromatic nitrogens is 3. The van der Waals surface area contributed by atoms with Gasteiger partial charge in [0.2, 0.25) is 0 Å². The molecule has 0 amide bonds. The summed E-state index contributed by atoms with van der Waals surface area (Å²) in [6, 6.07) is 62.8. The molecule has 0 atom stereocenters. The van der Waals surface area contributed by atoms with Crippen LogP contribution in [0.3, 0.4) is 0 Å². The lowest BCUT2D eigenvalue weighted by Gasteiger charge is -2.21. The molecule has 2 heterocycles. The molecule has 7 aromatic carbocycles. The maximum absolute atomic E-state index is 5.15. The summed E-state index contributed by atoms with van der Waals surface area (Å²) in [5.41, 5.74) is 16.2. The molecular weight excluding hydrogens is 631 g/mol. The first-order valence-electron chi connectivity index (χ1n) is 17.9. The molecular formula is C49H35N3. The van der Waals surface area contributed by atoms with Crippen LogP contribution < -0.4 is 0 Å². The maximum atomic E-state index is 5.15. The van der Waals surface area contributed by atoms with E-state index in [0.29, 0.717) is 5.82 Å². The molecule has 0 unspecified atom stereocenters. The summed E-state index contributed by atoms with van der Waals surface area (Å²) < 4.78 is 2.41. The smallest absolute Gasteiger partial charge is 0.160 e. The Kier molecular flexibility index (Phi) is 6.84. The second-order valence-corrected chi connectivity index (χ2v) is 14.3. The third-order valence-electron chi connectivity index (χ3n) is 10.8. The topological polar surface area (TPSA) is 30.7 Å². The van der Waals surface area contributed by atoms with E-state index in [1.165, 1.54) is 55.2 Å². The van der Waals surface area contributed by atoms with E-state index in [9.17, 15) is 0 Å². The van der Waals surface area contributed by atoms with Crippen LogP contribution in [0.25, 0.3) is 83.6 Å². The molecule has 0 radical (unpaired) electrons. The van der Waals surface area contributed by atoms with Crippen molar-refractivity contribution in [2.75, 3.05) is 0 Å². The van der Waals surface area contributed by atoms with Gasteiger partial charge in [0.25, 0.3) is 0 Å². The standard InChI is InChI=1S/C49H35N3/c1-49(2)42-19-11-9-17-38(42)40-29-41-39-18-10-12-20-46(39)52(47(41)30-43(40)49)37-27-25-36(26-28-37)48-50-44(34-15-7-4-8-16-34)31-45(51-48)35-23-21-33(22-24-35)32-13-5-3-6-14-32/h3-31H,1-2H3. The van der Waals surface area contributed by atoms with E-state index in [1.54, 1.807) is 0 Å². The van der Waals surface area contributed by atoms with Crippen LogP contribution in [0.2, 0.25) is 0 Å². The minimum absolute atomic E-state index is 0.0774. The highest BCUT2D eigenvalue weighted by molar-refractivity contribution is 6.11. The summed E-state index contributed by atoms with van der Waals surface area (Å²) in [7, 11) is 0. The van der Waals surface area contributed by atoms with Crippen molar-refractivity contribution >= 4 is 21.8 Å². The fourth-order valence-corrected chi connectivity index (χ4v) is 8.15. The second-order valence-electron chi connectivity index (χ2n) is 14.3. The van der Waals surface area contributed by atoms with Crippen LogP contribution in [0, 0.1) is 0 Å². The number of rotatable bonds is 5. The SMILES string of the molecule is CC1(C)c2ccccc2-c2cc3c4ccccc4n(-c4ccc(-c5nc(-c6ccccc6)cc(-c6ccc(-c7ccccc7)cc6)n5)cc4)c3cc21. The van der Waals surface area contributed by atoms with Crippen molar-refractivity contribution in [1.29, 1.82) is 0 Å². The van der Waals surface area contributed by atoms with E-state index in [-0.39, 0.29) is 5.41 Å². The van der Waals surface area contributed by atoms with E-state index in [0.717, 1.165) is 33.8 Å². The molecule has 0 fully saturated rings. The number of hydrogen-bond acceptors (Lipinski definition) is 2. The van der Waals surface area contributed by atoms with Crippen molar-refractivity contribution < 1.29 is 0 Å². The predicted molar refractivity (Wildman–Crippen MR) is 216 cm³/mol. The Labute approximate surface area is 303 Å². The van der Waals surface area contributed by atoms with Crippen LogP contribution >= 0.6 is 0 Å². The highest BCUT2D eigenvalue weighted by atomic mass is 15.0. The zero-order valence-corrected chi connectivity index (χ0v) is 29.1. The van der Waals surface area contributed by atoms with Gasteiger partial charge in [-0.15, -0.1) is 0 Å². The molecule has 0 aliphatic heterocycles. The Morgan fingerprint density at radius 1 is 0.404 bits per heavy atom. The van der Waals surface area contributed by atoms with Gasteiger partial charge in [-0.3, -0.25) is 0 Å². The zero-order chi connectivity index (χ0) is 34.8. The van der Waals surface area contributed by atoms with Crippen LogP contribution in [-0.2, 0) is 5.41 Å². The van der Waals surface area contributed by atoms with Crippen molar-refractivity contribution in [3.8, 4) is 61.8 Å². The lowest BCUT2D eigenvalue weighted by molar-refractivity contribution is 0.661. The highest BCUT2D eigenvalue weighted by Crippen LogP contribution is 2.51. The first-order chi connectivity index (χ1) is 25.5. The summed E-state index contributed by atoms with van der Waals surface area (Å²) in [6.45, 7) is 4.70. The minimum atomic E-state index is -0.0774. The van der Waals surface area contributed by atoms with Gasteiger partial charge in [-0.25, -0.2) is 9.97 Å². The molecule has 3 heteroatoms. The molecule has 0 spiro atoms. The fraction of sp³-hybridized carbons (Fsp3) is 0.0612. The number of nitrogens with zero attached hydrogens (tertiary/aromatic N) is 3. The van der Waals surface area contributed by atoms with Gasteiger partial charge in [-0.1, -0.05) is 141 Å². The molecule has 0 N–H and O–H groups in total.